The maximum Gasteiger partial charge on any atom is 0.274 e. The first-order valence-electron chi connectivity index (χ1n) is 8.54. The lowest BCUT2D eigenvalue weighted by Gasteiger charge is -2.38. The van der Waals surface area contributed by atoms with Crippen molar-refractivity contribution in [2.24, 2.45) is 10.7 Å². The second-order valence-corrected chi connectivity index (χ2v) is 7.93. The molecule has 0 fully saturated rings. The van der Waals surface area contributed by atoms with Crippen LogP contribution in [0.25, 0.3) is 0 Å². The highest BCUT2D eigenvalue weighted by Gasteiger charge is 2.43. The van der Waals surface area contributed by atoms with Gasteiger partial charge in [-0.2, -0.15) is 12.6 Å². The Morgan fingerprint density at radius 2 is 2.04 bits per heavy atom. The van der Waals surface area contributed by atoms with Crippen LogP contribution in [-0.4, -0.2) is 28.1 Å². The number of nitrogens with one attached hydrogen (secondary N) is 1. The SMILES string of the molecule is C[C@]1(S)CC[C@@](CF)(c2cc(NC(=O)c3ccc(F)cn3)ccc2F)N=C1N. The number of rotatable bonds is 4. The lowest BCUT2D eigenvalue weighted by molar-refractivity contribution is 0.102. The van der Waals surface area contributed by atoms with Gasteiger partial charge in [-0.25, -0.2) is 18.2 Å². The molecule has 0 saturated carbocycles. The van der Waals surface area contributed by atoms with Crippen LogP contribution in [0.15, 0.2) is 41.5 Å². The average molecular weight is 408 g/mol. The topological polar surface area (TPSA) is 80.4 Å². The summed E-state index contributed by atoms with van der Waals surface area (Å²) < 4.78 is 40.8. The standard InChI is InChI=1S/C19H19F3N4OS/c1-18(28)6-7-19(10-20,26-17(18)23)13-8-12(3-4-14(13)22)25-16(27)15-5-2-11(21)9-24-15/h2-5,8-9,28H,6-7,10H2,1H3,(H2,23,26)(H,25,27)/t18-,19+/m0/s1. The molecule has 1 aromatic heterocycles. The van der Waals surface area contributed by atoms with Crippen molar-refractivity contribution in [1.82, 2.24) is 4.98 Å². The highest BCUT2D eigenvalue weighted by molar-refractivity contribution is 7.82. The third-order valence-corrected chi connectivity index (χ3v) is 5.27. The molecule has 0 aliphatic carbocycles. The fraction of sp³-hybridized carbons (Fsp3) is 0.316. The summed E-state index contributed by atoms with van der Waals surface area (Å²) in [5.41, 5.74) is 4.66. The van der Waals surface area contributed by atoms with Crippen molar-refractivity contribution in [3.63, 3.8) is 0 Å². The Bertz CT molecular complexity index is 933. The molecule has 5 nitrogen and oxygen atoms in total. The predicted octanol–water partition coefficient (Wildman–Crippen LogP) is 3.62. The lowest BCUT2D eigenvalue weighted by atomic mass is 9.81. The number of aromatic nitrogens is 1. The van der Waals surface area contributed by atoms with Gasteiger partial charge in [0.25, 0.3) is 5.91 Å². The number of hydrogen-bond donors (Lipinski definition) is 3. The summed E-state index contributed by atoms with van der Waals surface area (Å²) >= 11 is 4.42. The van der Waals surface area contributed by atoms with Crippen LogP contribution in [0, 0.1) is 11.6 Å². The molecule has 1 aliphatic heterocycles. The van der Waals surface area contributed by atoms with E-state index in [1.807, 2.05) is 0 Å². The molecule has 0 saturated heterocycles. The average Bonchev–Trinajstić information content (AvgIpc) is 2.66. The summed E-state index contributed by atoms with van der Waals surface area (Å²) in [6, 6.07) is 6.11. The fourth-order valence-electron chi connectivity index (χ4n) is 3.01. The number of pyridine rings is 1. The van der Waals surface area contributed by atoms with Gasteiger partial charge in [0.05, 0.1) is 10.9 Å². The number of nitrogens with zero attached hydrogens (tertiary/aromatic N) is 2. The Labute approximate surface area is 165 Å². The number of benzene rings is 1. The summed E-state index contributed by atoms with van der Waals surface area (Å²) in [5.74, 6) is -1.71. The minimum Gasteiger partial charge on any atom is -0.386 e. The first-order chi connectivity index (χ1) is 13.2. The third kappa shape index (κ3) is 3.84. The molecule has 2 heterocycles. The minimum absolute atomic E-state index is 0.00773. The number of amides is 1. The van der Waals surface area contributed by atoms with Gasteiger partial charge in [-0.05, 0) is 50.1 Å². The molecule has 0 spiro atoms. The minimum atomic E-state index is -1.48. The Kier molecular flexibility index (Phi) is 5.38. The summed E-state index contributed by atoms with van der Waals surface area (Å²) in [4.78, 5) is 20.2. The molecule has 148 valence electrons. The fourth-order valence-corrected chi connectivity index (χ4v) is 3.18. The molecular weight excluding hydrogens is 389 g/mol. The monoisotopic (exact) mass is 408 g/mol. The zero-order valence-electron chi connectivity index (χ0n) is 15.0. The zero-order valence-corrected chi connectivity index (χ0v) is 15.9. The van der Waals surface area contributed by atoms with Crippen LogP contribution in [0.1, 0.15) is 35.8 Å². The van der Waals surface area contributed by atoms with Gasteiger partial charge in [-0.15, -0.1) is 0 Å². The maximum atomic E-state index is 14.5. The Morgan fingerprint density at radius 1 is 1.29 bits per heavy atom. The van der Waals surface area contributed by atoms with Gasteiger partial charge in [0.1, 0.15) is 35.4 Å². The molecule has 1 aliphatic rings. The van der Waals surface area contributed by atoms with Gasteiger partial charge in [0.2, 0.25) is 0 Å². The van der Waals surface area contributed by atoms with Crippen LogP contribution >= 0.6 is 12.6 Å². The number of anilines is 1. The first-order valence-corrected chi connectivity index (χ1v) is 8.99. The molecule has 28 heavy (non-hydrogen) atoms. The highest BCUT2D eigenvalue weighted by atomic mass is 32.1. The molecule has 2 aromatic rings. The first kappa shape index (κ1) is 20.2. The van der Waals surface area contributed by atoms with Crippen molar-refractivity contribution in [3.05, 3.63) is 59.4 Å². The Morgan fingerprint density at radius 3 is 2.64 bits per heavy atom. The molecular formula is C19H19F3N4OS. The molecule has 3 N–H and O–H groups in total. The third-order valence-electron chi connectivity index (χ3n) is 4.82. The van der Waals surface area contributed by atoms with Gasteiger partial charge in [-0.1, -0.05) is 0 Å². The molecule has 0 unspecified atom stereocenters. The van der Waals surface area contributed by atoms with E-state index in [1.165, 1.54) is 18.2 Å². The number of hydrogen-bond acceptors (Lipinski definition) is 5. The smallest absolute Gasteiger partial charge is 0.274 e. The summed E-state index contributed by atoms with van der Waals surface area (Å²) in [6.45, 7) is 0.811. The quantitative estimate of drug-likeness (QED) is 0.676. The van der Waals surface area contributed by atoms with Crippen molar-refractivity contribution >= 4 is 30.1 Å². The van der Waals surface area contributed by atoms with E-state index >= 15 is 0 Å². The molecule has 1 amide bonds. The molecule has 2 atom stereocenters. The normalized spacial score (nSPS) is 24.5. The maximum absolute atomic E-state index is 14.5. The van der Waals surface area contributed by atoms with Crippen molar-refractivity contribution in [3.8, 4) is 0 Å². The van der Waals surface area contributed by atoms with Crippen molar-refractivity contribution < 1.29 is 18.0 Å². The van der Waals surface area contributed by atoms with Gasteiger partial charge in [0, 0.05) is 11.3 Å². The number of amidine groups is 1. The van der Waals surface area contributed by atoms with Gasteiger partial charge >= 0.3 is 0 Å². The number of nitrogens with two attached hydrogens (primary N) is 1. The molecule has 1 aromatic carbocycles. The van der Waals surface area contributed by atoms with Gasteiger partial charge in [0.15, 0.2) is 0 Å². The summed E-state index contributed by atoms with van der Waals surface area (Å²) in [6.07, 6.45) is 1.53. The number of aliphatic imine (C=N–C) groups is 1. The second-order valence-electron chi connectivity index (χ2n) is 6.95. The van der Waals surface area contributed by atoms with Crippen molar-refractivity contribution in [1.29, 1.82) is 0 Å². The molecule has 9 heteroatoms. The summed E-state index contributed by atoms with van der Waals surface area (Å²) in [5, 5.41) is 2.55. The van der Waals surface area contributed by atoms with E-state index in [-0.39, 0.29) is 29.2 Å². The Balaban J connectivity index is 1.94. The van der Waals surface area contributed by atoms with Crippen LogP contribution in [0.5, 0.6) is 0 Å². The van der Waals surface area contributed by atoms with Crippen LogP contribution < -0.4 is 11.1 Å². The summed E-state index contributed by atoms with van der Waals surface area (Å²) in [7, 11) is 0. The van der Waals surface area contributed by atoms with E-state index < -0.39 is 34.5 Å². The number of carbonyl (C=O) groups is 1. The van der Waals surface area contributed by atoms with Crippen molar-refractivity contribution in [2.75, 3.05) is 12.0 Å². The van der Waals surface area contributed by atoms with E-state index in [0.717, 1.165) is 18.3 Å². The molecule has 3 rings (SSSR count). The van der Waals surface area contributed by atoms with E-state index in [1.54, 1.807) is 6.92 Å². The predicted molar refractivity (Wildman–Crippen MR) is 104 cm³/mol. The number of thiol groups is 1. The molecule has 0 radical (unpaired) electrons. The van der Waals surface area contributed by atoms with Crippen LogP contribution in [0.2, 0.25) is 0 Å². The molecule has 0 bridgehead atoms. The van der Waals surface area contributed by atoms with Crippen LogP contribution in [-0.2, 0) is 5.54 Å². The second kappa shape index (κ2) is 7.46. The van der Waals surface area contributed by atoms with E-state index in [9.17, 15) is 18.0 Å². The highest BCUT2D eigenvalue weighted by Crippen LogP contribution is 2.42. The van der Waals surface area contributed by atoms with Crippen LogP contribution in [0.3, 0.4) is 0 Å². The number of carbonyl (C=O) groups excluding carboxylic acids is 1. The Hall–Kier alpha value is -2.55. The van der Waals surface area contributed by atoms with E-state index in [0.29, 0.717) is 6.42 Å². The largest absolute Gasteiger partial charge is 0.386 e. The zero-order chi connectivity index (χ0) is 20.5. The van der Waals surface area contributed by atoms with E-state index in [2.05, 4.69) is 27.9 Å². The van der Waals surface area contributed by atoms with Gasteiger partial charge in [-0.3, -0.25) is 9.79 Å². The van der Waals surface area contributed by atoms with Crippen molar-refractivity contribution in [2.45, 2.75) is 30.1 Å². The van der Waals surface area contributed by atoms with E-state index in [4.69, 9.17) is 5.73 Å². The lowest BCUT2D eigenvalue weighted by Crippen LogP contribution is -2.46. The van der Waals surface area contributed by atoms with Gasteiger partial charge < -0.3 is 11.1 Å². The van der Waals surface area contributed by atoms with Crippen LogP contribution in [0.4, 0.5) is 18.9 Å². The number of halogens is 3. The number of alkyl halides is 1.